The van der Waals surface area contributed by atoms with Crippen LogP contribution in [-0.4, -0.2) is 15.4 Å². The van der Waals surface area contributed by atoms with E-state index in [1.807, 2.05) is 12.1 Å². The van der Waals surface area contributed by atoms with Gasteiger partial charge in [-0.1, -0.05) is 18.2 Å². The lowest BCUT2D eigenvalue weighted by molar-refractivity contribution is -0.137. The van der Waals surface area contributed by atoms with Crippen molar-refractivity contribution in [2.45, 2.75) is 19.0 Å². The maximum Gasteiger partial charge on any atom is 0.416 e. The van der Waals surface area contributed by atoms with Crippen LogP contribution in [0.3, 0.4) is 0 Å². The first-order chi connectivity index (χ1) is 10.9. The Morgan fingerprint density at radius 1 is 1.09 bits per heavy atom. The Hall–Kier alpha value is -2.63. The lowest BCUT2D eigenvalue weighted by Crippen LogP contribution is -2.05. The number of Topliss-reactive ketones (excluding diaryl/α,β-unsaturated/α-hetero) is 1. The molecule has 1 aromatic carbocycles. The number of aromatic nitrogens is 2. The van der Waals surface area contributed by atoms with Gasteiger partial charge in [0, 0.05) is 12.6 Å². The molecule has 0 bridgehead atoms. The van der Waals surface area contributed by atoms with Crippen LogP contribution in [0.15, 0.2) is 54.9 Å². The molecule has 0 aliphatic carbocycles. The van der Waals surface area contributed by atoms with E-state index in [-0.39, 0.29) is 12.2 Å². The molecule has 0 N–H and O–H groups in total. The number of alkyl halides is 3. The first kappa shape index (κ1) is 15.3. The highest BCUT2D eigenvalue weighted by molar-refractivity contribution is 6.02. The van der Waals surface area contributed by atoms with E-state index in [2.05, 4.69) is 5.10 Å². The summed E-state index contributed by atoms with van der Waals surface area (Å²) in [6.07, 6.45) is -0.458. The molecule has 0 spiro atoms. The van der Waals surface area contributed by atoms with Crippen LogP contribution in [0.1, 0.15) is 27.9 Å². The second-order valence-electron chi connectivity index (χ2n) is 5.21. The van der Waals surface area contributed by atoms with Crippen molar-refractivity contribution in [3.05, 3.63) is 71.5 Å². The Bertz CT molecular complexity index is 835. The monoisotopic (exact) mass is 318 g/mol. The van der Waals surface area contributed by atoms with Gasteiger partial charge in [0.25, 0.3) is 0 Å². The number of hydrogen-bond donors (Lipinski definition) is 0. The predicted molar refractivity (Wildman–Crippen MR) is 79.3 cm³/mol. The number of nitrogens with zero attached hydrogens (tertiary/aromatic N) is 2. The molecule has 23 heavy (non-hydrogen) atoms. The van der Waals surface area contributed by atoms with Crippen molar-refractivity contribution in [1.82, 2.24) is 9.61 Å². The second kappa shape index (κ2) is 5.87. The molecule has 0 amide bonds. The molecule has 0 aliphatic rings. The van der Waals surface area contributed by atoms with E-state index in [4.69, 9.17) is 0 Å². The molecular weight excluding hydrogens is 305 g/mol. The van der Waals surface area contributed by atoms with Crippen LogP contribution in [0.5, 0.6) is 0 Å². The van der Waals surface area contributed by atoms with E-state index < -0.39 is 11.7 Å². The molecule has 0 saturated heterocycles. The zero-order valence-electron chi connectivity index (χ0n) is 12.0. The highest BCUT2D eigenvalue weighted by Crippen LogP contribution is 2.29. The third-order valence-electron chi connectivity index (χ3n) is 3.65. The average molecular weight is 318 g/mol. The van der Waals surface area contributed by atoms with Gasteiger partial charge < -0.3 is 0 Å². The summed E-state index contributed by atoms with van der Waals surface area (Å²) in [4.78, 5) is 12.3. The van der Waals surface area contributed by atoms with Gasteiger partial charge in [-0.25, -0.2) is 4.52 Å². The lowest BCUT2D eigenvalue weighted by atomic mass is 10.0. The molecule has 0 aliphatic heterocycles. The number of carbonyl (C=O) groups is 1. The molecule has 3 nitrogen and oxygen atoms in total. The van der Waals surface area contributed by atoms with Gasteiger partial charge in [0.15, 0.2) is 5.78 Å². The molecule has 118 valence electrons. The molecule has 3 aromatic rings. The van der Waals surface area contributed by atoms with Crippen molar-refractivity contribution >= 4 is 11.3 Å². The molecule has 3 rings (SSSR count). The van der Waals surface area contributed by atoms with E-state index in [1.165, 1.54) is 18.3 Å². The Kier molecular flexibility index (Phi) is 3.90. The minimum atomic E-state index is -4.34. The molecule has 0 radical (unpaired) electrons. The molecule has 2 aromatic heterocycles. The largest absolute Gasteiger partial charge is 0.416 e. The summed E-state index contributed by atoms with van der Waals surface area (Å²) in [5.74, 6) is -0.0777. The Labute approximate surface area is 130 Å². The van der Waals surface area contributed by atoms with Crippen LogP contribution < -0.4 is 0 Å². The minimum absolute atomic E-state index is 0.0777. The fourth-order valence-corrected chi connectivity index (χ4v) is 2.40. The summed E-state index contributed by atoms with van der Waals surface area (Å²) in [6.45, 7) is 0. The SMILES string of the molecule is O=C(CCc1ccc(C(F)(F)F)cc1)c1cnn2ccccc12. The van der Waals surface area contributed by atoms with E-state index >= 15 is 0 Å². The first-order valence-corrected chi connectivity index (χ1v) is 7.07. The predicted octanol–water partition coefficient (Wildman–Crippen LogP) is 4.17. The van der Waals surface area contributed by atoms with Gasteiger partial charge in [0.1, 0.15) is 0 Å². The van der Waals surface area contributed by atoms with Crippen molar-refractivity contribution in [3.8, 4) is 0 Å². The molecule has 0 unspecified atom stereocenters. The van der Waals surface area contributed by atoms with Crippen LogP contribution >= 0.6 is 0 Å². The fourth-order valence-electron chi connectivity index (χ4n) is 2.40. The maximum absolute atomic E-state index is 12.5. The van der Waals surface area contributed by atoms with Gasteiger partial charge in [-0.2, -0.15) is 18.3 Å². The van der Waals surface area contributed by atoms with Crippen molar-refractivity contribution < 1.29 is 18.0 Å². The average Bonchev–Trinajstić information content (AvgIpc) is 2.96. The van der Waals surface area contributed by atoms with E-state index in [1.54, 1.807) is 16.8 Å². The molecule has 0 saturated carbocycles. The summed E-state index contributed by atoms with van der Waals surface area (Å²) < 4.78 is 39.1. The summed E-state index contributed by atoms with van der Waals surface area (Å²) >= 11 is 0. The number of ketones is 1. The second-order valence-corrected chi connectivity index (χ2v) is 5.21. The number of fused-ring (bicyclic) bond motifs is 1. The number of benzene rings is 1. The highest BCUT2D eigenvalue weighted by Gasteiger charge is 2.29. The number of pyridine rings is 1. The third-order valence-corrected chi connectivity index (χ3v) is 3.65. The van der Waals surface area contributed by atoms with E-state index in [0.29, 0.717) is 17.5 Å². The van der Waals surface area contributed by atoms with Gasteiger partial charge >= 0.3 is 6.18 Å². The summed E-state index contributed by atoms with van der Waals surface area (Å²) in [5, 5.41) is 4.10. The number of halogens is 3. The van der Waals surface area contributed by atoms with Crippen LogP contribution in [0.25, 0.3) is 5.52 Å². The zero-order valence-corrected chi connectivity index (χ0v) is 12.0. The van der Waals surface area contributed by atoms with Crippen LogP contribution in [0.4, 0.5) is 13.2 Å². The topological polar surface area (TPSA) is 34.4 Å². The molecule has 2 heterocycles. The molecular formula is C17H13F3N2O. The van der Waals surface area contributed by atoms with Gasteiger partial charge in [-0.15, -0.1) is 0 Å². The van der Waals surface area contributed by atoms with Gasteiger partial charge in [0.05, 0.1) is 22.8 Å². The quantitative estimate of drug-likeness (QED) is 0.677. The number of hydrogen-bond acceptors (Lipinski definition) is 2. The molecule has 0 fully saturated rings. The van der Waals surface area contributed by atoms with Crippen LogP contribution in [0, 0.1) is 0 Å². The Morgan fingerprint density at radius 2 is 1.83 bits per heavy atom. The smallest absolute Gasteiger partial charge is 0.294 e. The van der Waals surface area contributed by atoms with Crippen molar-refractivity contribution in [2.24, 2.45) is 0 Å². The highest BCUT2D eigenvalue weighted by atomic mass is 19.4. The van der Waals surface area contributed by atoms with Gasteiger partial charge in [-0.3, -0.25) is 4.79 Å². The standard InChI is InChI=1S/C17H13F3N2O/c18-17(19,20)13-7-4-12(5-8-13)6-9-16(23)14-11-21-22-10-2-1-3-15(14)22/h1-5,7-8,10-11H,6,9H2. The van der Waals surface area contributed by atoms with Gasteiger partial charge in [0.2, 0.25) is 0 Å². The fraction of sp³-hybridized carbons (Fsp3) is 0.176. The summed E-state index contributed by atoms with van der Waals surface area (Å²) in [7, 11) is 0. The van der Waals surface area contributed by atoms with E-state index in [0.717, 1.165) is 17.6 Å². The van der Waals surface area contributed by atoms with Crippen molar-refractivity contribution in [2.75, 3.05) is 0 Å². The first-order valence-electron chi connectivity index (χ1n) is 7.07. The zero-order chi connectivity index (χ0) is 16.4. The number of aryl methyl sites for hydroxylation is 1. The molecule has 0 atom stereocenters. The van der Waals surface area contributed by atoms with Crippen LogP contribution in [-0.2, 0) is 12.6 Å². The maximum atomic E-state index is 12.5. The Balaban J connectivity index is 1.69. The summed E-state index contributed by atoms with van der Waals surface area (Å²) in [6, 6.07) is 10.3. The van der Waals surface area contributed by atoms with Crippen LogP contribution in [0.2, 0.25) is 0 Å². The Morgan fingerprint density at radius 3 is 2.52 bits per heavy atom. The lowest BCUT2D eigenvalue weighted by Gasteiger charge is -2.07. The summed E-state index contributed by atoms with van der Waals surface area (Å²) in [5.41, 5.74) is 1.26. The normalized spacial score (nSPS) is 11.8. The van der Waals surface area contributed by atoms with E-state index in [9.17, 15) is 18.0 Å². The third kappa shape index (κ3) is 3.26. The van der Waals surface area contributed by atoms with Gasteiger partial charge in [-0.05, 0) is 36.2 Å². The minimum Gasteiger partial charge on any atom is -0.294 e. The number of carbonyl (C=O) groups excluding carboxylic acids is 1. The number of rotatable bonds is 4. The molecule has 6 heteroatoms. The van der Waals surface area contributed by atoms with Crippen molar-refractivity contribution in [1.29, 1.82) is 0 Å². The van der Waals surface area contributed by atoms with Crippen molar-refractivity contribution in [3.63, 3.8) is 0 Å².